The van der Waals surface area contributed by atoms with E-state index in [1.165, 1.54) is 12.1 Å². The van der Waals surface area contributed by atoms with Crippen molar-refractivity contribution in [3.8, 4) is 17.6 Å². The molecule has 0 amide bonds. The number of aliphatic hydroxyl groups is 1. The number of halogens is 2. The van der Waals surface area contributed by atoms with E-state index in [4.69, 9.17) is 15.6 Å². The normalized spacial score (nSPS) is 13.2. The van der Waals surface area contributed by atoms with E-state index >= 15 is 0 Å². The van der Waals surface area contributed by atoms with Crippen molar-refractivity contribution in [2.24, 2.45) is 5.73 Å². The molecule has 124 valence electrons. The summed E-state index contributed by atoms with van der Waals surface area (Å²) in [6.45, 7) is 1.36. The molecule has 0 bridgehead atoms. The standard InChI is InChI=1S/C16H19F2N3O2/c17-15-13(21-9-8-20(12-21)7-3-6-19)4-5-14(16(15)18)23-11-2-1-10-22/h4-5,8-9,22H,3,6-7,10-12,19H2. The average molecular weight is 323 g/mol. The molecule has 0 saturated heterocycles. The minimum atomic E-state index is -1.05. The average Bonchev–Trinajstić information content (AvgIpc) is 3.02. The summed E-state index contributed by atoms with van der Waals surface area (Å²) < 4.78 is 33.3. The monoisotopic (exact) mass is 323 g/mol. The summed E-state index contributed by atoms with van der Waals surface area (Å²) in [6, 6.07) is 2.83. The molecule has 1 heterocycles. The van der Waals surface area contributed by atoms with E-state index in [2.05, 4.69) is 11.8 Å². The van der Waals surface area contributed by atoms with Crippen LogP contribution in [0, 0.1) is 23.5 Å². The summed E-state index contributed by atoms with van der Waals surface area (Å²) in [5.41, 5.74) is 5.60. The fraction of sp³-hybridized carbons (Fsp3) is 0.375. The molecule has 5 nitrogen and oxygen atoms in total. The van der Waals surface area contributed by atoms with Gasteiger partial charge in [-0.05, 0) is 25.1 Å². The fourth-order valence-corrected chi connectivity index (χ4v) is 2.14. The molecule has 7 heteroatoms. The third kappa shape index (κ3) is 4.34. The van der Waals surface area contributed by atoms with Gasteiger partial charge in [-0.15, -0.1) is 0 Å². The fourth-order valence-electron chi connectivity index (χ4n) is 2.14. The number of hydrogen-bond acceptors (Lipinski definition) is 5. The van der Waals surface area contributed by atoms with Crippen LogP contribution in [0.15, 0.2) is 24.5 Å². The summed E-state index contributed by atoms with van der Waals surface area (Å²) in [7, 11) is 0. The first-order chi connectivity index (χ1) is 11.2. The first kappa shape index (κ1) is 17.1. The van der Waals surface area contributed by atoms with Gasteiger partial charge in [0.25, 0.3) is 0 Å². The van der Waals surface area contributed by atoms with Crippen LogP contribution in [0.2, 0.25) is 0 Å². The Morgan fingerprint density at radius 2 is 2.04 bits per heavy atom. The zero-order valence-corrected chi connectivity index (χ0v) is 12.6. The highest BCUT2D eigenvalue weighted by atomic mass is 19.2. The molecule has 0 radical (unpaired) electrons. The molecule has 0 aliphatic carbocycles. The maximum Gasteiger partial charge on any atom is 0.202 e. The van der Waals surface area contributed by atoms with Crippen LogP contribution in [0.3, 0.4) is 0 Å². The van der Waals surface area contributed by atoms with Gasteiger partial charge in [-0.25, -0.2) is 4.39 Å². The summed E-state index contributed by atoms with van der Waals surface area (Å²) in [6.07, 6.45) is 4.35. The SMILES string of the molecule is NCCCN1C=CN(c2ccc(OCC#CCO)c(F)c2F)C1. The molecular formula is C16H19F2N3O2. The first-order valence-electron chi connectivity index (χ1n) is 7.24. The minimum absolute atomic E-state index is 0.118. The number of rotatable bonds is 6. The predicted molar refractivity (Wildman–Crippen MR) is 83.6 cm³/mol. The van der Waals surface area contributed by atoms with Gasteiger partial charge in [0.2, 0.25) is 5.82 Å². The van der Waals surface area contributed by atoms with Gasteiger partial charge in [0.05, 0.1) is 12.4 Å². The van der Waals surface area contributed by atoms with Gasteiger partial charge in [0.1, 0.15) is 13.2 Å². The minimum Gasteiger partial charge on any atom is -0.478 e. The molecule has 0 fully saturated rings. The Morgan fingerprint density at radius 1 is 1.22 bits per heavy atom. The van der Waals surface area contributed by atoms with Crippen LogP contribution in [0.25, 0.3) is 0 Å². The quantitative estimate of drug-likeness (QED) is 0.771. The number of aliphatic hydroxyl groups excluding tert-OH is 1. The van der Waals surface area contributed by atoms with Gasteiger partial charge >= 0.3 is 0 Å². The second-order valence-electron chi connectivity index (χ2n) is 4.88. The van der Waals surface area contributed by atoms with Crippen LogP contribution < -0.4 is 15.4 Å². The lowest BCUT2D eigenvalue weighted by Gasteiger charge is -2.22. The van der Waals surface area contributed by atoms with Gasteiger partial charge < -0.3 is 25.4 Å². The molecule has 2 rings (SSSR count). The molecule has 1 aromatic carbocycles. The second kappa shape index (κ2) is 8.36. The van der Waals surface area contributed by atoms with Crippen molar-refractivity contribution in [2.75, 3.05) is 37.9 Å². The van der Waals surface area contributed by atoms with Crippen LogP contribution in [0.4, 0.5) is 14.5 Å². The van der Waals surface area contributed by atoms with Gasteiger partial charge in [-0.3, -0.25) is 0 Å². The molecule has 1 aliphatic heterocycles. The number of benzene rings is 1. The van der Waals surface area contributed by atoms with E-state index in [-0.39, 0.29) is 24.7 Å². The van der Waals surface area contributed by atoms with E-state index in [1.54, 1.807) is 11.1 Å². The Labute approximate surface area is 133 Å². The highest BCUT2D eigenvalue weighted by Gasteiger charge is 2.21. The van der Waals surface area contributed by atoms with Gasteiger partial charge in [-0.1, -0.05) is 11.8 Å². The zero-order chi connectivity index (χ0) is 16.7. The van der Waals surface area contributed by atoms with E-state index in [1.807, 2.05) is 11.1 Å². The van der Waals surface area contributed by atoms with Gasteiger partial charge in [0.15, 0.2) is 11.6 Å². The van der Waals surface area contributed by atoms with Crippen LogP contribution in [0.5, 0.6) is 5.75 Å². The van der Waals surface area contributed by atoms with Crippen LogP contribution in [-0.4, -0.2) is 43.0 Å². The zero-order valence-electron chi connectivity index (χ0n) is 12.6. The number of hydrogen-bond donors (Lipinski definition) is 2. The van der Waals surface area contributed by atoms with Crippen LogP contribution in [0.1, 0.15) is 6.42 Å². The second-order valence-corrected chi connectivity index (χ2v) is 4.88. The van der Waals surface area contributed by atoms with Crippen molar-refractivity contribution in [1.82, 2.24) is 4.90 Å². The van der Waals surface area contributed by atoms with Gasteiger partial charge in [0, 0.05) is 18.9 Å². The maximum absolute atomic E-state index is 14.2. The molecule has 3 N–H and O–H groups in total. The maximum atomic E-state index is 14.2. The van der Waals surface area contributed by atoms with Crippen LogP contribution >= 0.6 is 0 Å². The largest absolute Gasteiger partial charge is 0.478 e. The Hall–Kier alpha value is -2.30. The Kier molecular flexibility index (Phi) is 6.20. The molecule has 0 unspecified atom stereocenters. The third-order valence-electron chi connectivity index (χ3n) is 3.28. The molecule has 0 atom stereocenters. The summed E-state index contributed by atoms with van der Waals surface area (Å²) in [5, 5.41) is 8.51. The molecule has 0 saturated carbocycles. The van der Waals surface area contributed by atoms with E-state index in [0.717, 1.165) is 13.0 Å². The van der Waals surface area contributed by atoms with Crippen molar-refractivity contribution < 1.29 is 18.6 Å². The molecule has 23 heavy (non-hydrogen) atoms. The van der Waals surface area contributed by atoms with Crippen molar-refractivity contribution in [2.45, 2.75) is 6.42 Å². The van der Waals surface area contributed by atoms with E-state index < -0.39 is 11.6 Å². The lowest BCUT2D eigenvalue weighted by molar-refractivity contribution is 0.334. The number of nitrogens with zero attached hydrogens (tertiary/aromatic N) is 2. The Morgan fingerprint density at radius 3 is 2.78 bits per heavy atom. The number of nitrogens with two attached hydrogens (primary N) is 1. The summed E-state index contributed by atoms with van der Waals surface area (Å²) in [5.74, 6) is 2.61. The van der Waals surface area contributed by atoms with E-state index in [0.29, 0.717) is 13.2 Å². The summed E-state index contributed by atoms with van der Waals surface area (Å²) >= 11 is 0. The topological polar surface area (TPSA) is 62.0 Å². The first-order valence-corrected chi connectivity index (χ1v) is 7.24. The Bertz CT molecular complexity index is 626. The molecule has 1 aromatic rings. The summed E-state index contributed by atoms with van der Waals surface area (Å²) in [4.78, 5) is 3.59. The molecule has 0 aromatic heterocycles. The molecule has 0 spiro atoms. The van der Waals surface area contributed by atoms with E-state index in [9.17, 15) is 8.78 Å². The van der Waals surface area contributed by atoms with Crippen LogP contribution in [-0.2, 0) is 0 Å². The van der Waals surface area contributed by atoms with Crippen molar-refractivity contribution in [1.29, 1.82) is 0 Å². The molecular weight excluding hydrogens is 304 g/mol. The van der Waals surface area contributed by atoms with Crippen molar-refractivity contribution >= 4 is 5.69 Å². The number of anilines is 1. The molecule has 1 aliphatic rings. The van der Waals surface area contributed by atoms with Gasteiger partial charge in [-0.2, -0.15) is 4.39 Å². The lowest BCUT2D eigenvalue weighted by Crippen LogP contribution is -2.27. The third-order valence-corrected chi connectivity index (χ3v) is 3.28. The predicted octanol–water partition coefficient (Wildman–Crippen LogP) is 1.24. The number of ether oxygens (including phenoxy) is 1. The Balaban J connectivity index is 2.04. The van der Waals surface area contributed by atoms with Crippen molar-refractivity contribution in [3.63, 3.8) is 0 Å². The van der Waals surface area contributed by atoms with Crippen molar-refractivity contribution in [3.05, 3.63) is 36.2 Å². The smallest absolute Gasteiger partial charge is 0.202 e. The highest BCUT2D eigenvalue weighted by molar-refractivity contribution is 5.54. The lowest BCUT2D eigenvalue weighted by atomic mass is 10.2. The highest BCUT2D eigenvalue weighted by Crippen LogP contribution is 2.30.